The van der Waals surface area contributed by atoms with Gasteiger partial charge in [0.05, 0.1) is 14.7 Å². The van der Waals surface area contributed by atoms with Crippen molar-refractivity contribution in [3.63, 3.8) is 0 Å². The van der Waals surface area contributed by atoms with Gasteiger partial charge in [0.2, 0.25) is 0 Å². The Morgan fingerprint density at radius 2 is 1.43 bits per heavy atom. The van der Waals surface area contributed by atoms with E-state index in [-0.39, 0.29) is 11.6 Å². The van der Waals surface area contributed by atoms with E-state index in [2.05, 4.69) is 29.3 Å². The van der Waals surface area contributed by atoms with Crippen LogP contribution >= 0.6 is 12.6 Å². The fourth-order valence-corrected chi connectivity index (χ4v) is 5.15. The summed E-state index contributed by atoms with van der Waals surface area (Å²) in [5, 5.41) is 4.20. The lowest BCUT2D eigenvalue weighted by Gasteiger charge is -2.35. The van der Waals surface area contributed by atoms with Gasteiger partial charge >= 0.3 is 0 Å². The molecular formula is C16H15F2N3SSi. The van der Waals surface area contributed by atoms with Crippen molar-refractivity contribution in [2.24, 2.45) is 0 Å². The first-order chi connectivity index (χ1) is 11.1. The lowest BCUT2D eigenvalue weighted by molar-refractivity contribution is 0.479. The highest BCUT2D eigenvalue weighted by atomic mass is 32.1. The molecule has 0 bridgehead atoms. The number of hydrogen-bond donors (Lipinski definition) is 1. The number of rotatable bonds is 4. The molecule has 0 radical (unpaired) electrons. The van der Waals surface area contributed by atoms with Crippen LogP contribution in [-0.4, -0.2) is 24.3 Å². The number of halogens is 2. The summed E-state index contributed by atoms with van der Waals surface area (Å²) in [7, 11) is -0.824. The first-order valence-corrected chi connectivity index (χ1v) is 9.76. The minimum Gasteiger partial charge on any atom is -0.230 e. The van der Waals surface area contributed by atoms with Gasteiger partial charge in [-0.2, -0.15) is 5.10 Å². The highest BCUT2D eigenvalue weighted by Gasteiger charge is 2.37. The molecule has 0 spiro atoms. The maximum absolute atomic E-state index is 13.4. The fourth-order valence-electron chi connectivity index (χ4n) is 2.93. The summed E-state index contributed by atoms with van der Waals surface area (Å²) in [6.45, 7) is 2.13. The Kier molecular flexibility index (Phi) is 4.32. The van der Waals surface area contributed by atoms with Crippen LogP contribution in [0.3, 0.4) is 0 Å². The average molecular weight is 347 g/mol. The zero-order chi connectivity index (χ0) is 16.4. The number of benzene rings is 2. The van der Waals surface area contributed by atoms with Gasteiger partial charge in [0.15, 0.2) is 5.16 Å². The minimum absolute atomic E-state index is 0.302. The summed E-state index contributed by atoms with van der Waals surface area (Å²) in [6, 6.07) is 12.7. The summed E-state index contributed by atoms with van der Waals surface area (Å²) in [5.41, 5.74) is 1.78. The van der Waals surface area contributed by atoms with Crippen molar-refractivity contribution in [3.05, 3.63) is 77.6 Å². The molecule has 1 aromatic heterocycles. The molecule has 0 N–H and O–H groups in total. The molecule has 0 aliphatic heterocycles. The van der Waals surface area contributed by atoms with E-state index in [4.69, 9.17) is 0 Å². The summed E-state index contributed by atoms with van der Waals surface area (Å²) < 4.78 is 28.5. The van der Waals surface area contributed by atoms with E-state index < -0.39 is 14.7 Å². The number of hydrogen-bond acceptors (Lipinski definition) is 3. The van der Waals surface area contributed by atoms with Crippen LogP contribution in [0.4, 0.5) is 8.78 Å². The van der Waals surface area contributed by atoms with Crippen LogP contribution in [0.1, 0.15) is 11.1 Å². The molecule has 0 aliphatic carbocycles. The van der Waals surface area contributed by atoms with Gasteiger partial charge in [0, 0.05) is 0 Å². The summed E-state index contributed by atoms with van der Waals surface area (Å²) >= 11 is 4.40. The predicted molar refractivity (Wildman–Crippen MR) is 90.7 cm³/mol. The van der Waals surface area contributed by atoms with E-state index in [1.807, 2.05) is 0 Å². The van der Waals surface area contributed by atoms with E-state index in [0.29, 0.717) is 5.16 Å². The molecule has 0 fully saturated rings. The smallest absolute Gasteiger partial charge is 0.183 e. The Bertz CT molecular complexity index is 757. The Balaban J connectivity index is 2.29. The normalized spacial score (nSPS) is 12.2. The molecule has 0 aliphatic rings. The molecule has 118 valence electrons. The molecule has 0 amide bonds. The third kappa shape index (κ3) is 2.70. The highest BCUT2D eigenvalue weighted by Crippen LogP contribution is 2.34. The lowest BCUT2D eigenvalue weighted by atomic mass is 9.97. The zero-order valence-corrected chi connectivity index (χ0v) is 14.8. The lowest BCUT2D eigenvalue weighted by Crippen LogP contribution is -2.42. The second-order valence-electron chi connectivity index (χ2n) is 5.20. The monoisotopic (exact) mass is 347 g/mol. The van der Waals surface area contributed by atoms with Gasteiger partial charge in [0.25, 0.3) is 0 Å². The molecule has 3 aromatic rings. The van der Waals surface area contributed by atoms with Crippen LogP contribution in [0, 0.1) is 11.6 Å². The number of aromatic nitrogens is 3. The molecule has 23 heavy (non-hydrogen) atoms. The van der Waals surface area contributed by atoms with Crippen LogP contribution in [0.5, 0.6) is 0 Å². The van der Waals surface area contributed by atoms with Crippen molar-refractivity contribution in [1.29, 1.82) is 0 Å². The first-order valence-electron chi connectivity index (χ1n) is 7.19. The Morgan fingerprint density at radius 3 is 1.78 bits per heavy atom. The second kappa shape index (κ2) is 6.25. The molecule has 0 unspecified atom stereocenters. The Morgan fingerprint density at radius 1 is 0.957 bits per heavy atom. The van der Waals surface area contributed by atoms with Crippen LogP contribution in [0.15, 0.2) is 60.0 Å². The van der Waals surface area contributed by atoms with Crippen molar-refractivity contribution >= 4 is 22.1 Å². The molecule has 0 saturated carbocycles. The van der Waals surface area contributed by atoms with Crippen LogP contribution in [-0.2, 0) is 5.16 Å². The standard InChI is InChI=1S/C16H15F2N3SSi/c1-23-16(21-15(22)19-10-20-21,11-2-6-13(17)7-3-11)12-4-8-14(18)9-5-12/h2-10H,23H2,1H3,(H,19,20,22). The topological polar surface area (TPSA) is 30.7 Å². The molecule has 0 atom stereocenters. The molecule has 7 heteroatoms. The van der Waals surface area contributed by atoms with Gasteiger partial charge in [-0.25, -0.2) is 18.4 Å². The Labute approximate surface area is 140 Å². The van der Waals surface area contributed by atoms with Crippen molar-refractivity contribution in [2.45, 2.75) is 16.9 Å². The zero-order valence-electron chi connectivity index (χ0n) is 12.4. The summed E-state index contributed by atoms with van der Waals surface area (Å²) in [4.78, 5) is 4.11. The van der Waals surface area contributed by atoms with Gasteiger partial charge in [-0.3, -0.25) is 0 Å². The predicted octanol–water partition coefficient (Wildman–Crippen LogP) is 2.81. The van der Waals surface area contributed by atoms with Crippen LogP contribution in [0.25, 0.3) is 0 Å². The molecular weight excluding hydrogens is 332 g/mol. The number of nitrogens with zero attached hydrogens (tertiary/aromatic N) is 3. The number of thiol groups is 1. The molecule has 3 rings (SSSR count). The SMILES string of the molecule is C[SiH2]C(c1ccc(F)cc1)(c1ccc(F)cc1)n1ncnc1S. The van der Waals surface area contributed by atoms with E-state index in [1.54, 1.807) is 28.9 Å². The second-order valence-corrected chi connectivity index (χ2v) is 7.33. The summed E-state index contributed by atoms with van der Waals surface area (Å²) in [6.07, 6.45) is 1.44. The third-order valence-electron chi connectivity index (χ3n) is 4.05. The van der Waals surface area contributed by atoms with E-state index >= 15 is 0 Å². The third-order valence-corrected chi connectivity index (χ3v) is 6.49. The van der Waals surface area contributed by atoms with Crippen molar-refractivity contribution in [3.8, 4) is 0 Å². The van der Waals surface area contributed by atoms with Gasteiger partial charge < -0.3 is 0 Å². The van der Waals surface area contributed by atoms with Gasteiger partial charge in [-0.05, 0) is 35.4 Å². The summed E-state index contributed by atoms with van der Waals surface area (Å²) in [5.74, 6) is -0.603. The molecule has 2 aromatic carbocycles. The largest absolute Gasteiger partial charge is 0.230 e. The van der Waals surface area contributed by atoms with Crippen molar-refractivity contribution in [2.75, 3.05) is 0 Å². The van der Waals surface area contributed by atoms with Crippen molar-refractivity contribution in [1.82, 2.24) is 14.8 Å². The Hall–Kier alpha value is -1.99. The molecule has 1 heterocycles. The van der Waals surface area contributed by atoms with Gasteiger partial charge in [-0.1, -0.05) is 30.8 Å². The fraction of sp³-hybridized carbons (Fsp3) is 0.125. The van der Waals surface area contributed by atoms with Crippen LogP contribution < -0.4 is 0 Å². The van der Waals surface area contributed by atoms with E-state index in [9.17, 15) is 8.78 Å². The van der Waals surface area contributed by atoms with Gasteiger partial charge in [-0.15, -0.1) is 12.6 Å². The quantitative estimate of drug-likeness (QED) is 0.581. The van der Waals surface area contributed by atoms with Gasteiger partial charge in [0.1, 0.15) is 18.0 Å². The first kappa shape index (κ1) is 15.9. The van der Waals surface area contributed by atoms with Crippen LogP contribution in [0.2, 0.25) is 6.55 Å². The maximum atomic E-state index is 13.4. The molecule has 0 saturated heterocycles. The highest BCUT2D eigenvalue weighted by molar-refractivity contribution is 7.80. The minimum atomic E-state index is -0.824. The van der Waals surface area contributed by atoms with E-state index in [1.165, 1.54) is 30.6 Å². The average Bonchev–Trinajstić information content (AvgIpc) is 2.98. The molecule has 3 nitrogen and oxygen atoms in total. The van der Waals surface area contributed by atoms with E-state index in [0.717, 1.165) is 11.1 Å². The maximum Gasteiger partial charge on any atom is 0.183 e. The van der Waals surface area contributed by atoms with Crippen molar-refractivity contribution < 1.29 is 8.78 Å².